The third-order valence-corrected chi connectivity index (χ3v) is 5.93. The zero-order valence-corrected chi connectivity index (χ0v) is 16.7. The molecule has 1 amide bonds. The zero-order valence-electron chi connectivity index (χ0n) is 15.8. The van der Waals surface area contributed by atoms with Crippen molar-refractivity contribution in [3.8, 4) is 0 Å². The van der Waals surface area contributed by atoms with Gasteiger partial charge in [0.25, 0.3) is 5.91 Å². The third-order valence-electron chi connectivity index (χ3n) is 4.83. The van der Waals surface area contributed by atoms with Gasteiger partial charge in [0, 0.05) is 26.3 Å². The number of esters is 1. The smallest absolute Gasteiger partial charge is 0.355 e. The van der Waals surface area contributed by atoms with E-state index in [2.05, 4.69) is 15.5 Å². The van der Waals surface area contributed by atoms with E-state index in [1.54, 1.807) is 13.1 Å². The maximum Gasteiger partial charge on any atom is 0.355 e. The molecule has 1 saturated heterocycles. The van der Waals surface area contributed by atoms with E-state index in [0.717, 1.165) is 0 Å². The Bertz CT molecular complexity index is 927. The van der Waals surface area contributed by atoms with E-state index in [1.807, 2.05) is 18.2 Å². The van der Waals surface area contributed by atoms with E-state index in [1.165, 1.54) is 28.5 Å². The summed E-state index contributed by atoms with van der Waals surface area (Å²) < 4.78 is 18.0. The van der Waals surface area contributed by atoms with Crippen LogP contribution in [-0.2, 0) is 30.8 Å². The van der Waals surface area contributed by atoms with E-state index >= 15 is 0 Å². The van der Waals surface area contributed by atoms with E-state index in [0.29, 0.717) is 22.9 Å². The number of aromatic nitrogens is 4. The Labute approximate surface area is 170 Å². The molecule has 2 aliphatic heterocycles. The number of fused-ring (bicyclic) bond motifs is 1. The summed E-state index contributed by atoms with van der Waals surface area (Å²) in [5.41, 5.74) is 5.09. The first-order chi connectivity index (χ1) is 14.0. The molecule has 2 N–H and O–H groups in total. The quantitative estimate of drug-likeness (QED) is 0.277. The Balaban J connectivity index is 1.60. The molecule has 0 bridgehead atoms. The van der Waals surface area contributed by atoms with Crippen LogP contribution in [0, 0.1) is 0 Å². The average Bonchev–Trinajstić information content (AvgIpc) is 3.15. The fourth-order valence-electron chi connectivity index (χ4n) is 3.24. The van der Waals surface area contributed by atoms with Crippen LogP contribution in [0.1, 0.15) is 6.42 Å². The van der Waals surface area contributed by atoms with Crippen molar-refractivity contribution in [1.82, 2.24) is 25.1 Å². The van der Waals surface area contributed by atoms with Gasteiger partial charge in [0.2, 0.25) is 10.9 Å². The number of β-lactam (4-membered cyclic amide) rings is 1. The van der Waals surface area contributed by atoms with Gasteiger partial charge in [-0.25, -0.2) is 9.48 Å². The van der Waals surface area contributed by atoms with Crippen LogP contribution in [0.2, 0.25) is 0 Å². The molecule has 1 aromatic heterocycles. The second-order valence-electron chi connectivity index (χ2n) is 6.65. The number of carbonyl (C=O) groups is 2. The summed E-state index contributed by atoms with van der Waals surface area (Å²) in [6, 6.07) is 0. The third kappa shape index (κ3) is 3.37. The van der Waals surface area contributed by atoms with Gasteiger partial charge in [0.1, 0.15) is 11.8 Å². The molecule has 0 unspecified atom stereocenters. The number of hydrogen-bond acceptors (Lipinski definition) is 10. The van der Waals surface area contributed by atoms with E-state index < -0.39 is 29.9 Å². The zero-order chi connectivity index (χ0) is 20.6. The molecular weight excluding hydrogens is 400 g/mol. The first kappa shape index (κ1) is 19.8. The van der Waals surface area contributed by atoms with Crippen molar-refractivity contribution >= 4 is 23.6 Å². The normalized spacial score (nSPS) is 28.4. The van der Waals surface area contributed by atoms with Crippen LogP contribution < -0.4 is 5.73 Å². The number of aryl methyl sites for hydroxylation is 1. The van der Waals surface area contributed by atoms with Gasteiger partial charge in [0.15, 0.2) is 6.23 Å². The van der Waals surface area contributed by atoms with Gasteiger partial charge in [-0.2, -0.15) is 0 Å². The van der Waals surface area contributed by atoms with Crippen LogP contribution in [-0.4, -0.2) is 74.5 Å². The highest BCUT2D eigenvalue weighted by atomic mass is 32.2. The predicted octanol–water partition coefficient (Wildman–Crippen LogP) is -0.516. The van der Waals surface area contributed by atoms with E-state index in [4.69, 9.17) is 19.9 Å². The summed E-state index contributed by atoms with van der Waals surface area (Å²) >= 11 is 1.32. The Kier molecular flexibility index (Phi) is 5.25. The lowest BCUT2D eigenvalue weighted by molar-refractivity contribution is -0.248. The Morgan fingerprint density at radius 2 is 2.31 bits per heavy atom. The Morgan fingerprint density at radius 1 is 1.48 bits per heavy atom. The molecular formula is C17H20N6O5S. The van der Waals surface area contributed by atoms with Crippen LogP contribution >= 0.6 is 11.8 Å². The van der Waals surface area contributed by atoms with Gasteiger partial charge in [0.05, 0.1) is 6.61 Å². The second kappa shape index (κ2) is 7.71. The van der Waals surface area contributed by atoms with Crippen molar-refractivity contribution in [3.63, 3.8) is 0 Å². The average molecular weight is 420 g/mol. The van der Waals surface area contributed by atoms with Crippen LogP contribution in [0.5, 0.6) is 0 Å². The topological polar surface area (TPSA) is 135 Å². The van der Waals surface area contributed by atoms with E-state index in [9.17, 15) is 9.59 Å². The molecule has 11 nitrogen and oxygen atoms in total. The number of nitrogens with zero attached hydrogens (tertiary/aromatic N) is 5. The second-order valence-corrected chi connectivity index (χ2v) is 7.60. The number of allylic oxidation sites excluding steroid dienone is 2. The Morgan fingerprint density at radius 3 is 2.97 bits per heavy atom. The molecule has 1 aliphatic carbocycles. The minimum absolute atomic E-state index is 0.0971. The van der Waals surface area contributed by atoms with Crippen LogP contribution in [0.25, 0.3) is 0 Å². The molecule has 0 aromatic carbocycles. The molecule has 3 atom stereocenters. The lowest BCUT2D eigenvalue weighted by atomic mass is 9.95. The van der Waals surface area contributed by atoms with Gasteiger partial charge in [-0.1, -0.05) is 30.0 Å². The van der Waals surface area contributed by atoms with E-state index in [-0.39, 0.29) is 12.3 Å². The SMILES string of the molecule is CO[C@@]1(N)C(=O)N2C(C(=O)O[C@@H]3C=CC=CC3)=C(CSc3nnnn3C)CO[C@@H]21. The summed E-state index contributed by atoms with van der Waals surface area (Å²) in [5, 5.41) is 11.8. The largest absolute Gasteiger partial charge is 0.453 e. The van der Waals surface area contributed by atoms with Crippen LogP contribution in [0.3, 0.4) is 0 Å². The van der Waals surface area contributed by atoms with Crippen LogP contribution in [0.4, 0.5) is 0 Å². The van der Waals surface area contributed by atoms with Crippen molar-refractivity contribution in [2.75, 3.05) is 19.5 Å². The number of methoxy groups -OCH3 is 1. The monoisotopic (exact) mass is 420 g/mol. The number of rotatable bonds is 6. The van der Waals surface area contributed by atoms with Gasteiger partial charge in [-0.15, -0.1) is 5.10 Å². The molecule has 3 aliphatic rings. The Hall–Kier alpha value is -2.54. The summed E-state index contributed by atoms with van der Waals surface area (Å²) in [6.07, 6.45) is 6.65. The number of tetrazole rings is 1. The van der Waals surface area contributed by atoms with Crippen molar-refractivity contribution in [1.29, 1.82) is 0 Å². The minimum atomic E-state index is -1.62. The maximum atomic E-state index is 13.0. The first-order valence-corrected chi connectivity index (χ1v) is 9.85. The first-order valence-electron chi connectivity index (χ1n) is 8.86. The molecule has 154 valence electrons. The van der Waals surface area contributed by atoms with Gasteiger partial charge < -0.3 is 14.2 Å². The van der Waals surface area contributed by atoms with Crippen molar-refractivity contribution in [2.45, 2.75) is 29.6 Å². The number of thioether (sulfide) groups is 1. The fraction of sp³-hybridized carbons (Fsp3) is 0.471. The molecule has 0 spiro atoms. The summed E-state index contributed by atoms with van der Waals surface area (Å²) in [5.74, 6) is -0.833. The standard InChI is InChI=1S/C17H20N6O5S/c1-22-16(19-20-21-22)29-9-10-8-27-15-17(18,26-2)14(25)23(15)12(10)13(24)28-11-6-4-3-5-7-11/h3-6,11,15H,7-9,18H2,1-2H3/t11-,15-,17+/m1/s1. The number of amides is 1. The fourth-order valence-corrected chi connectivity index (χ4v) is 4.08. The summed E-state index contributed by atoms with van der Waals surface area (Å²) in [7, 11) is 3.04. The molecule has 0 saturated carbocycles. The highest BCUT2D eigenvalue weighted by Crippen LogP contribution is 2.40. The van der Waals surface area contributed by atoms with Gasteiger partial charge >= 0.3 is 5.97 Å². The molecule has 4 rings (SSSR count). The lowest BCUT2D eigenvalue weighted by Gasteiger charge is -2.54. The molecule has 3 heterocycles. The highest BCUT2D eigenvalue weighted by Gasteiger charge is 2.64. The van der Waals surface area contributed by atoms with Crippen molar-refractivity contribution in [3.05, 3.63) is 35.6 Å². The minimum Gasteiger partial charge on any atom is -0.453 e. The maximum absolute atomic E-state index is 13.0. The molecule has 1 aromatic rings. The number of hydrogen-bond donors (Lipinski definition) is 1. The number of ether oxygens (including phenoxy) is 3. The predicted molar refractivity (Wildman–Crippen MR) is 99.8 cm³/mol. The van der Waals surface area contributed by atoms with Gasteiger partial charge in [-0.05, 0) is 22.1 Å². The van der Waals surface area contributed by atoms with Crippen molar-refractivity contribution in [2.24, 2.45) is 12.8 Å². The number of carbonyl (C=O) groups excluding carboxylic acids is 2. The molecule has 1 fully saturated rings. The number of nitrogens with two attached hydrogens (primary N) is 1. The molecule has 29 heavy (non-hydrogen) atoms. The van der Waals surface area contributed by atoms with Crippen LogP contribution in [0.15, 0.2) is 40.7 Å². The molecule has 12 heteroatoms. The van der Waals surface area contributed by atoms with Crippen molar-refractivity contribution < 1.29 is 23.8 Å². The summed E-state index contributed by atoms with van der Waals surface area (Å²) in [6.45, 7) is 0.0971. The summed E-state index contributed by atoms with van der Waals surface area (Å²) in [4.78, 5) is 26.9. The molecule has 0 radical (unpaired) electrons. The highest BCUT2D eigenvalue weighted by molar-refractivity contribution is 7.99. The van der Waals surface area contributed by atoms with Gasteiger partial charge in [-0.3, -0.25) is 15.4 Å². The lowest BCUT2D eigenvalue weighted by Crippen LogP contribution is -2.80.